The van der Waals surface area contributed by atoms with E-state index in [1.807, 2.05) is 12.2 Å². The van der Waals surface area contributed by atoms with Gasteiger partial charge in [0.05, 0.1) is 5.60 Å². The predicted molar refractivity (Wildman–Crippen MR) is 47.5 cm³/mol. The zero-order valence-corrected chi connectivity index (χ0v) is 8.00. The molecule has 13 heavy (non-hydrogen) atoms. The fourth-order valence-electron chi connectivity index (χ4n) is 2.18. The minimum Gasteiger partial charge on any atom is -0.374 e. The van der Waals surface area contributed by atoms with E-state index in [1.54, 1.807) is 14.2 Å². The second-order valence-corrected chi connectivity index (χ2v) is 3.80. The van der Waals surface area contributed by atoms with Crippen LogP contribution in [0, 0.1) is 0 Å². The van der Waals surface area contributed by atoms with E-state index in [0.717, 1.165) is 12.8 Å². The fourth-order valence-corrected chi connectivity index (χ4v) is 2.18. The smallest absolute Gasteiger partial charge is 0.171 e. The maximum absolute atomic E-state index is 11.7. The number of ether oxygens (including phenoxy) is 2. The molecule has 1 saturated carbocycles. The number of carbonyl (C=O) groups excluding carboxylic acids is 1. The number of hydrogen-bond acceptors (Lipinski definition) is 3. The summed E-state index contributed by atoms with van der Waals surface area (Å²) >= 11 is 0. The van der Waals surface area contributed by atoms with E-state index < -0.39 is 5.60 Å². The van der Waals surface area contributed by atoms with Crippen LogP contribution in [-0.4, -0.2) is 31.2 Å². The van der Waals surface area contributed by atoms with Crippen LogP contribution in [0.2, 0.25) is 0 Å². The van der Waals surface area contributed by atoms with Crippen molar-refractivity contribution < 1.29 is 14.3 Å². The number of rotatable bonds is 2. The normalized spacial score (nSPS) is 42.8. The van der Waals surface area contributed by atoms with Gasteiger partial charge in [-0.05, 0) is 18.9 Å². The fraction of sp³-hybridized carbons (Fsp3) is 0.700. The Morgan fingerprint density at radius 2 is 2.00 bits per heavy atom. The van der Waals surface area contributed by atoms with Gasteiger partial charge in [-0.15, -0.1) is 0 Å². The first-order valence-electron chi connectivity index (χ1n) is 4.50. The Morgan fingerprint density at radius 3 is 2.38 bits per heavy atom. The van der Waals surface area contributed by atoms with E-state index >= 15 is 0 Å². The highest BCUT2D eigenvalue weighted by molar-refractivity contribution is 5.93. The Hall–Kier alpha value is -0.670. The number of carbonyl (C=O) groups is 1. The lowest BCUT2D eigenvalue weighted by molar-refractivity contribution is -0.152. The molecule has 3 aliphatic rings. The summed E-state index contributed by atoms with van der Waals surface area (Å²) in [7, 11) is 3.25. The maximum atomic E-state index is 11.7. The summed E-state index contributed by atoms with van der Waals surface area (Å²) in [6.07, 6.45) is 5.90. The van der Waals surface area contributed by atoms with Gasteiger partial charge in [0.2, 0.25) is 0 Å². The van der Waals surface area contributed by atoms with Crippen LogP contribution < -0.4 is 0 Å². The van der Waals surface area contributed by atoms with E-state index in [-0.39, 0.29) is 11.4 Å². The van der Waals surface area contributed by atoms with E-state index in [0.29, 0.717) is 6.42 Å². The third-order valence-corrected chi connectivity index (χ3v) is 3.28. The Kier molecular flexibility index (Phi) is 1.82. The summed E-state index contributed by atoms with van der Waals surface area (Å²) in [6, 6.07) is 0. The Balaban J connectivity index is 2.36. The second kappa shape index (κ2) is 2.66. The van der Waals surface area contributed by atoms with Crippen LogP contribution in [-0.2, 0) is 14.3 Å². The molecule has 0 radical (unpaired) electrons. The van der Waals surface area contributed by atoms with Gasteiger partial charge >= 0.3 is 0 Å². The molecule has 3 aliphatic carbocycles. The Bertz CT molecular complexity index is 271. The van der Waals surface area contributed by atoms with Crippen molar-refractivity contribution in [1.82, 2.24) is 0 Å². The first kappa shape index (κ1) is 8.91. The van der Waals surface area contributed by atoms with E-state index in [2.05, 4.69) is 0 Å². The third-order valence-electron chi connectivity index (χ3n) is 3.28. The Morgan fingerprint density at radius 1 is 1.23 bits per heavy atom. The summed E-state index contributed by atoms with van der Waals surface area (Å²) in [5.74, 6) is 0.144. The molecule has 1 fully saturated rings. The third kappa shape index (κ3) is 1.07. The molecule has 0 aromatic rings. The number of Topliss-reactive ketones (excluding diaryl/α,β-unsaturated/α-hetero) is 1. The van der Waals surface area contributed by atoms with Crippen LogP contribution in [0.3, 0.4) is 0 Å². The summed E-state index contributed by atoms with van der Waals surface area (Å²) < 4.78 is 10.6. The highest BCUT2D eigenvalue weighted by atomic mass is 16.5. The quantitative estimate of drug-likeness (QED) is 0.599. The standard InChI is InChI=1S/C10H14O3/c1-12-9-3-5-10(13-2,6-4-9)8(11)7-9/h3,5H,4,6-7H2,1-2H3/t9-,10+/m0/s1. The van der Waals surface area contributed by atoms with Gasteiger partial charge in [0.1, 0.15) is 5.60 Å². The largest absolute Gasteiger partial charge is 0.374 e. The van der Waals surface area contributed by atoms with Crippen molar-refractivity contribution in [3.8, 4) is 0 Å². The minimum atomic E-state index is -0.639. The second-order valence-electron chi connectivity index (χ2n) is 3.80. The molecule has 0 N–H and O–H groups in total. The average Bonchev–Trinajstić information content (AvgIpc) is 2.20. The van der Waals surface area contributed by atoms with Gasteiger partial charge in [0.25, 0.3) is 0 Å². The van der Waals surface area contributed by atoms with Crippen LogP contribution >= 0.6 is 0 Å². The molecule has 0 aromatic heterocycles. The van der Waals surface area contributed by atoms with Crippen molar-refractivity contribution in [2.45, 2.75) is 30.5 Å². The molecule has 3 rings (SSSR count). The van der Waals surface area contributed by atoms with Crippen molar-refractivity contribution >= 4 is 5.78 Å². The summed E-state index contributed by atoms with van der Waals surface area (Å²) in [6.45, 7) is 0. The van der Waals surface area contributed by atoms with E-state index in [4.69, 9.17) is 9.47 Å². The van der Waals surface area contributed by atoms with Gasteiger partial charge in [-0.2, -0.15) is 0 Å². The highest BCUT2D eigenvalue weighted by Gasteiger charge is 2.51. The molecule has 2 bridgehead atoms. The van der Waals surface area contributed by atoms with Crippen molar-refractivity contribution in [2.24, 2.45) is 0 Å². The van der Waals surface area contributed by atoms with E-state index in [9.17, 15) is 4.79 Å². The maximum Gasteiger partial charge on any atom is 0.171 e. The van der Waals surface area contributed by atoms with Gasteiger partial charge in [0, 0.05) is 20.6 Å². The van der Waals surface area contributed by atoms with Gasteiger partial charge < -0.3 is 9.47 Å². The van der Waals surface area contributed by atoms with Crippen LogP contribution in [0.25, 0.3) is 0 Å². The zero-order valence-electron chi connectivity index (χ0n) is 8.00. The molecule has 0 saturated heterocycles. The van der Waals surface area contributed by atoms with Crippen LogP contribution in [0.15, 0.2) is 12.2 Å². The van der Waals surface area contributed by atoms with Gasteiger partial charge in [0.15, 0.2) is 5.78 Å². The summed E-state index contributed by atoms with van der Waals surface area (Å²) in [4.78, 5) is 11.7. The van der Waals surface area contributed by atoms with Crippen LogP contribution in [0.5, 0.6) is 0 Å². The zero-order chi connectivity index (χ0) is 9.53. The SMILES string of the molecule is CO[C@@]12C=C[C@@](OC)(CC1)C(=O)C2. The highest BCUT2D eigenvalue weighted by Crippen LogP contribution is 2.43. The van der Waals surface area contributed by atoms with Crippen molar-refractivity contribution in [2.75, 3.05) is 14.2 Å². The topological polar surface area (TPSA) is 35.5 Å². The number of methoxy groups -OCH3 is 2. The Labute approximate surface area is 77.7 Å². The molecule has 0 spiro atoms. The number of fused-ring (bicyclic) bond motifs is 2. The molecule has 3 heteroatoms. The van der Waals surface area contributed by atoms with Crippen molar-refractivity contribution in [3.05, 3.63) is 12.2 Å². The molecular formula is C10H14O3. The molecule has 2 atom stereocenters. The van der Waals surface area contributed by atoms with Crippen molar-refractivity contribution in [1.29, 1.82) is 0 Å². The van der Waals surface area contributed by atoms with Gasteiger partial charge in [-0.1, -0.05) is 6.08 Å². The monoisotopic (exact) mass is 182 g/mol. The van der Waals surface area contributed by atoms with E-state index in [1.165, 1.54) is 0 Å². The molecule has 0 unspecified atom stereocenters. The molecule has 3 nitrogen and oxygen atoms in total. The predicted octanol–water partition coefficient (Wildman–Crippen LogP) is 1.08. The van der Waals surface area contributed by atoms with Gasteiger partial charge in [-0.3, -0.25) is 4.79 Å². The first-order chi connectivity index (χ1) is 6.16. The summed E-state index contributed by atoms with van der Waals surface area (Å²) in [5, 5.41) is 0. The molecule has 0 amide bonds. The molecule has 0 aromatic carbocycles. The molecule has 0 aliphatic heterocycles. The molecule has 72 valence electrons. The van der Waals surface area contributed by atoms with Gasteiger partial charge in [-0.25, -0.2) is 0 Å². The average molecular weight is 182 g/mol. The number of ketones is 1. The molecule has 0 heterocycles. The lowest BCUT2D eigenvalue weighted by atomic mass is 9.69. The van der Waals surface area contributed by atoms with Crippen LogP contribution in [0.1, 0.15) is 19.3 Å². The lowest BCUT2D eigenvalue weighted by Crippen LogP contribution is -2.54. The first-order valence-corrected chi connectivity index (χ1v) is 4.50. The molecular weight excluding hydrogens is 168 g/mol. The van der Waals surface area contributed by atoms with Crippen molar-refractivity contribution in [3.63, 3.8) is 0 Å². The summed E-state index contributed by atoms with van der Waals surface area (Å²) in [5.41, 5.74) is -0.975. The number of hydrogen-bond donors (Lipinski definition) is 0. The van der Waals surface area contributed by atoms with Crippen LogP contribution in [0.4, 0.5) is 0 Å². The minimum absolute atomic E-state index is 0.144. The lowest BCUT2D eigenvalue weighted by Gasteiger charge is -2.45.